The number of guanidine groups is 1. The molecule has 1 saturated carbocycles. The largest absolute Gasteiger partial charge is 0.378 e. The van der Waals surface area contributed by atoms with E-state index in [0.29, 0.717) is 12.0 Å². The number of unbranched alkanes of at least 4 members (excludes halogenated alkanes) is 1. The third-order valence-electron chi connectivity index (χ3n) is 6.17. The van der Waals surface area contributed by atoms with Crippen molar-refractivity contribution in [2.45, 2.75) is 77.2 Å². The summed E-state index contributed by atoms with van der Waals surface area (Å²) in [6, 6.07) is 0. The molecule has 0 radical (unpaired) electrons. The molecule has 1 aromatic rings. The van der Waals surface area contributed by atoms with Crippen molar-refractivity contribution in [3.05, 3.63) is 18.0 Å². The first-order valence-electron chi connectivity index (χ1n) is 11.9. The molecule has 0 amide bonds. The molecule has 0 bridgehead atoms. The van der Waals surface area contributed by atoms with Gasteiger partial charge in [-0.1, -0.05) is 25.7 Å². The first kappa shape index (κ1) is 22.1. The molecule has 0 spiro atoms. The summed E-state index contributed by atoms with van der Waals surface area (Å²) in [5, 5.41) is 7.79. The van der Waals surface area contributed by atoms with Crippen LogP contribution in [0.25, 0.3) is 0 Å². The number of likely N-dealkylation sites (tertiary alicyclic amines) is 1. The summed E-state index contributed by atoms with van der Waals surface area (Å²) < 4.78 is 8.00. The Morgan fingerprint density at radius 1 is 1.21 bits per heavy atom. The normalized spacial score (nSPS) is 21.5. The molecule has 0 aromatic carbocycles. The van der Waals surface area contributed by atoms with Gasteiger partial charge in [-0.3, -0.25) is 9.67 Å². The Bertz CT molecular complexity index is 606. The molecule has 1 saturated heterocycles. The third kappa shape index (κ3) is 7.65. The summed E-state index contributed by atoms with van der Waals surface area (Å²) in [6.07, 6.45) is 17.2. The van der Waals surface area contributed by atoms with E-state index in [0.717, 1.165) is 58.0 Å². The van der Waals surface area contributed by atoms with Crippen LogP contribution in [0.4, 0.5) is 0 Å². The number of aromatic nitrogens is 2. The maximum absolute atomic E-state index is 6.11. The second-order valence-corrected chi connectivity index (χ2v) is 8.75. The summed E-state index contributed by atoms with van der Waals surface area (Å²) in [5.41, 5.74) is 1.34. The van der Waals surface area contributed by atoms with Crippen LogP contribution < -0.4 is 5.32 Å². The Hall–Kier alpha value is -1.56. The van der Waals surface area contributed by atoms with Gasteiger partial charge in [0.2, 0.25) is 0 Å². The quantitative estimate of drug-likeness (QED) is 0.295. The lowest BCUT2D eigenvalue weighted by Gasteiger charge is -2.21. The fraction of sp³-hybridized carbons (Fsp3) is 0.826. The Morgan fingerprint density at radius 3 is 2.76 bits per heavy atom. The van der Waals surface area contributed by atoms with Crippen LogP contribution in [0.15, 0.2) is 17.4 Å². The van der Waals surface area contributed by atoms with Crippen LogP contribution in [0.3, 0.4) is 0 Å². The average Bonchev–Trinajstić information content (AvgIpc) is 3.25. The third-order valence-corrected chi connectivity index (χ3v) is 6.17. The number of hydrogen-bond acceptors (Lipinski definition) is 3. The lowest BCUT2D eigenvalue weighted by Crippen LogP contribution is -2.40. The van der Waals surface area contributed by atoms with Crippen molar-refractivity contribution >= 4 is 5.96 Å². The molecule has 2 aliphatic rings. The zero-order chi connectivity index (χ0) is 20.3. The van der Waals surface area contributed by atoms with E-state index in [1.54, 1.807) is 0 Å². The van der Waals surface area contributed by atoms with Crippen molar-refractivity contribution in [2.75, 3.05) is 32.8 Å². The van der Waals surface area contributed by atoms with Crippen LogP contribution >= 0.6 is 0 Å². The standard InChI is InChI=1S/C23H41N5O/c1-3-24-23(25-13-8-9-15-29-22-10-6-4-5-7-11-22)28-14-12-20(19-28)16-21-17-26-27(2)18-21/h17-18,20,22H,3-16,19H2,1-2H3,(H,24,25). The van der Waals surface area contributed by atoms with Gasteiger partial charge in [-0.25, -0.2) is 0 Å². The zero-order valence-corrected chi connectivity index (χ0v) is 18.6. The Kier molecular flexibility index (Phi) is 9.32. The van der Waals surface area contributed by atoms with Crippen LogP contribution in [-0.4, -0.2) is 59.5 Å². The van der Waals surface area contributed by atoms with Gasteiger partial charge in [0.1, 0.15) is 0 Å². The van der Waals surface area contributed by atoms with Gasteiger partial charge in [0.05, 0.1) is 12.3 Å². The maximum Gasteiger partial charge on any atom is 0.193 e. The minimum absolute atomic E-state index is 0.514. The lowest BCUT2D eigenvalue weighted by molar-refractivity contribution is 0.0412. The van der Waals surface area contributed by atoms with Gasteiger partial charge in [-0.05, 0) is 56.9 Å². The minimum Gasteiger partial charge on any atom is -0.378 e. The Labute approximate surface area is 177 Å². The predicted molar refractivity (Wildman–Crippen MR) is 119 cm³/mol. The second-order valence-electron chi connectivity index (χ2n) is 8.75. The summed E-state index contributed by atoms with van der Waals surface area (Å²) >= 11 is 0. The second kappa shape index (κ2) is 12.2. The highest BCUT2D eigenvalue weighted by Crippen LogP contribution is 2.21. The SMILES string of the molecule is CCNC(=NCCCCOC1CCCCCC1)N1CCC(Cc2cnn(C)c2)C1. The molecule has 3 rings (SSSR count). The van der Waals surface area contributed by atoms with Crippen LogP contribution in [0.2, 0.25) is 0 Å². The Morgan fingerprint density at radius 2 is 2.03 bits per heavy atom. The van der Waals surface area contributed by atoms with Gasteiger partial charge in [-0.2, -0.15) is 5.10 Å². The predicted octanol–water partition coefficient (Wildman–Crippen LogP) is 3.77. The highest BCUT2D eigenvalue weighted by Gasteiger charge is 2.25. The highest BCUT2D eigenvalue weighted by atomic mass is 16.5. The summed E-state index contributed by atoms with van der Waals surface area (Å²) in [7, 11) is 1.99. The van der Waals surface area contributed by atoms with E-state index < -0.39 is 0 Å². The van der Waals surface area contributed by atoms with Crippen molar-refractivity contribution in [3.63, 3.8) is 0 Å². The molecule has 29 heavy (non-hydrogen) atoms. The topological polar surface area (TPSA) is 54.7 Å². The molecular weight excluding hydrogens is 362 g/mol. The molecule has 1 N–H and O–H groups in total. The molecule has 164 valence electrons. The van der Waals surface area contributed by atoms with E-state index in [1.807, 2.05) is 17.9 Å². The minimum atomic E-state index is 0.514. The van der Waals surface area contributed by atoms with Crippen molar-refractivity contribution in [1.82, 2.24) is 20.0 Å². The summed E-state index contributed by atoms with van der Waals surface area (Å²) in [4.78, 5) is 7.34. The number of aryl methyl sites for hydroxylation is 1. The number of ether oxygens (including phenoxy) is 1. The van der Waals surface area contributed by atoms with Crippen LogP contribution in [0, 0.1) is 5.92 Å². The van der Waals surface area contributed by atoms with Crippen molar-refractivity contribution < 1.29 is 4.74 Å². The molecule has 6 nitrogen and oxygen atoms in total. The number of aliphatic imine (C=N–C) groups is 1. The smallest absolute Gasteiger partial charge is 0.193 e. The molecule has 2 heterocycles. The highest BCUT2D eigenvalue weighted by molar-refractivity contribution is 5.80. The van der Waals surface area contributed by atoms with E-state index in [1.165, 1.54) is 50.5 Å². The first-order chi connectivity index (χ1) is 14.2. The van der Waals surface area contributed by atoms with Crippen molar-refractivity contribution in [2.24, 2.45) is 18.0 Å². The van der Waals surface area contributed by atoms with E-state index in [9.17, 15) is 0 Å². The van der Waals surface area contributed by atoms with E-state index in [2.05, 4.69) is 28.4 Å². The van der Waals surface area contributed by atoms with E-state index >= 15 is 0 Å². The number of rotatable bonds is 9. The van der Waals surface area contributed by atoms with Gasteiger partial charge in [-0.15, -0.1) is 0 Å². The maximum atomic E-state index is 6.11. The van der Waals surface area contributed by atoms with E-state index in [4.69, 9.17) is 9.73 Å². The molecule has 1 aliphatic carbocycles. The number of nitrogens with zero attached hydrogens (tertiary/aromatic N) is 4. The van der Waals surface area contributed by atoms with Gasteiger partial charge in [0.15, 0.2) is 5.96 Å². The molecular formula is C23H41N5O. The molecule has 1 aromatic heterocycles. The van der Waals surface area contributed by atoms with Crippen molar-refractivity contribution in [3.8, 4) is 0 Å². The summed E-state index contributed by atoms with van der Waals surface area (Å²) in [5.74, 6) is 1.78. The van der Waals surface area contributed by atoms with Crippen LogP contribution in [0.1, 0.15) is 70.3 Å². The van der Waals surface area contributed by atoms with Gasteiger partial charge in [0, 0.05) is 46.0 Å². The first-order valence-corrected chi connectivity index (χ1v) is 11.9. The lowest BCUT2D eigenvalue weighted by atomic mass is 10.0. The van der Waals surface area contributed by atoms with Gasteiger partial charge < -0.3 is 15.0 Å². The number of nitrogens with one attached hydrogen (secondary N) is 1. The molecule has 2 fully saturated rings. The zero-order valence-electron chi connectivity index (χ0n) is 18.6. The van der Waals surface area contributed by atoms with E-state index in [-0.39, 0.29) is 0 Å². The fourth-order valence-corrected chi connectivity index (χ4v) is 4.59. The molecule has 1 aliphatic heterocycles. The van der Waals surface area contributed by atoms with Gasteiger partial charge >= 0.3 is 0 Å². The Balaban J connectivity index is 1.35. The van der Waals surface area contributed by atoms with Crippen LogP contribution in [0.5, 0.6) is 0 Å². The molecule has 6 heteroatoms. The van der Waals surface area contributed by atoms with Gasteiger partial charge in [0.25, 0.3) is 0 Å². The molecule has 1 unspecified atom stereocenters. The monoisotopic (exact) mass is 403 g/mol. The average molecular weight is 404 g/mol. The van der Waals surface area contributed by atoms with Crippen molar-refractivity contribution in [1.29, 1.82) is 0 Å². The number of hydrogen-bond donors (Lipinski definition) is 1. The summed E-state index contributed by atoms with van der Waals surface area (Å²) in [6.45, 7) is 7.05. The molecule has 1 atom stereocenters. The van der Waals surface area contributed by atoms with Crippen LogP contribution in [-0.2, 0) is 18.2 Å². The fourth-order valence-electron chi connectivity index (χ4n) is 4.59.